The first kappa shape index (κ1) is 14.8. The van der Waals surface area contributed by atoms with Crippen molar-refractivity contribution in [3.05, 3.63) is 62.8 Å². The molecule has 0 saturated carbocycles. The van der Waals surface area contributed by atoms with Gasteiger partial charge in [-0.25, -0.2) is 9.78 Å². The minimum Gasteiger partial charge on any atom is -0.497 e. The topological polar surface area (TPSA) is 57.0 Å². The van der Waals surface area contributed by atoms with Crippen molar-refractivity contribution in [1.82, 2.24) is 14.5 Å². The van der Waals surface area contributed by atoms with Gasteiger partial charge in [-0.1, -0.05) is 35.3 Å². The van der Waals surface area contributed by atoms with Crippen molar-refractivity contribution in [3.8, 4) is 5.75 Å². The van der Waals surface area contributed by atoms with Crippen LogP contribution < -0.4 is 10.4 Å². The largest absolute Gasteiger partial charge is 0.497 e. The number of rotatable bonds is 3. The smallest absolute Gasteiger partial charge is 0.349 e. The van der Waals surface area contributed by atoms with Crippen LogP contribution >= 0.6 is 23.2 Å². The molecule has 0 unspecified atom stereocenters. The lowest BCUT2D eigenvalue weighted by molar-refractivity contribution is 0.414. The summed E-state index contributed by atoms with van der Waals surface area (Å²) in [4.78, 5) is 20.1. The molecule has 2 heterocycles. The number of halogens is 2. The van der Waals surface area contributed by atoms with E-state index in [0.717, 1.165) is 11.3 Å². The molecule has 3 aromatic rings. The van der Waals surface area contributed by atoms with Gasteiger partial charge in [0.2, 0.25) is 0 Å². The molecule has 0 N–H and O–H groups in total. The van der Waals surface area contributed by atoms with Crippen LogP contribution in [0.5, 0.6) is 5.75 Å². The first-order chi connectivity index (χ1) is 10.6. The number of fused-ring (bicyclic) bond motifs is 1. The second kappa shape index (κ2) is 5.94. The molecule has 0 aliphatic heterocycles. The van der Waals surface area contributed by atoms with Crippen molar-refractivity contribution >= 4 is 34.2 Å². The summed E-state index contributed by atoms with van der Waals surface area (Å²) in [6.07, 6.45) is 0. The van der Waals surface area contributed by atoms with E-state index in [0.29, 0.717) is 22.7 Å². The molecule has 0 radical (unpaired) electrons. The van der Waals surface area contributed by atoms with Crippen molar-refractivity contribution < 1.29 is 4.74 Å². The monoisotopic (exact) mass is 335 g/mol. The van der Waals surface area contributed by atoms with E-state index in [2.05, 4.69) is 9.97 Å². The first-order valence-electron chi connectivity index (χ1n) is 6.44. The third kappa shape index (κ3) is 2.77. The molecule has 112 valence electrons. The van der Waals surface area contributed by atoms with Gasteiger partial charge in [0, 0.05) is 0 Å². The van der Waals surface area contributed by atoms with Gasteiger partial charge in [-0.2, -0.15) is 4.98 Å². The summed E-state index contributed by atoms with van der Waals surface area (Å²) >= 11 is 11.9. The number of aromatic nitrogens is 3. The maximum Gasteiger partial charge on any atom is 0.349 e. The van der Waals surface area contributed by atoms with Crippen molar-refractivity contribution in [2.24, 2.45) is 0 Å². The molecule has 7 heteroatoms. The summed E-state index contributed by atoms with van der Waals surface area (Å²) in [5.74, 6) is 0.753. The quantitative estimate of drug-likeness (QED) is 0.545. The summed E-state index contributed by atoms with van der Waals surface area (Å²) in [7, 11) is 1.60. The standard InChI is InChI=1S/C15H11Cl2N3O2/c1-22-10-4-2-9(3-5-10)8-20-11-6-7-12(16)18-13(11)14(17)19-15(20)21/h2-7H,8H2,1H3. The van der Waals surface area contributed by atoms with Gasteiger partial charge in [0.15, 0.2) is 5.15 Å². The van der Waals surface area contributed by atoms with Gasteiger partial charge in [0.25, 0.3) is 0 Å². The Balaban J connectivity index is 2.11. The lowest BCUT2D eigenvalue weighted by Gasteiger charge is -2.10. The average Bonchev–Trinajstić information content (AvgIpc) is 2.52. The Morgan fingerprint density at radius 1 is 1.09 bits per heavy atom. The predicted octanol–water partition coefficient (Wildman–Crippen LogP) is 3.16. The maximum atomic E-state index is 12.1. The normalized spacial score (nSPS) is 10.9. The van der Waals surface area contributed by atoms with Gasteiger partial charge < -0.3 is 4.74 Å². The highest BCUT2D eigenvalue weighted by molar-refractivity contribution is 6.34. The number of benzene rings is 1. The Kier molecular flexibility index (Phi) is 4.00. The van der Waals surface area contributed by atoms with E-state index >= 15 is 0 Å². The van der Waals surface area contributed by atoms with Crippen LogP contribution in [0.25, 0.3) is 11.0 Å². The zero-order chi connectivity index (χ0) is 15.7. The van der Waals surface area contributed by atoms with Gasteiger partial charge >= 0.3 is 5.69 Å². The van der Waals surface area contributed by atoms with E-state index in [1.54, 1.807) is 19.2 Å². The molecule has 2 aromatic heterocycles. The van der Waals surface area contributed by atoms with Gasteiger partial charge in [0.1, 0.15) is 16.4 Å². The minimum absolute atomic E-state index is 0.0495. The summed E-state index contributed by atoms with van der Waals surface area (Å²) in [5, 5.41) is 0.347. The Bertz CT molecular complexity index is 892. The third-order valence-corrected chi connectivity index (χ3v) is 3.72. The highest BCUT2D eigenvalue weighted by atomic mass is 35.5. The lowest BCUT2D eigenvalue weighted by atomic mass is 10.2. The van der Waals surface area contributed by atoms with Gasteiger partial charge in [-0.15, -0.1) is 0 Å². The zero-order valence-electron chi connectivity index (χ0n) is 11.6. The number of methoxy groups -OCH3 is 1. The van der Waals surface area contributed by atoms with E-state index in [9.17, 15) is 4.79 Å². The highest BCUT2D eigenvalue weighted by Gasteiger charge is 2.11. The molecule has 0 aliphatic rings. The van der Waals surface area contributed by atoms with Crippen molar-refractivity contribution in [3.63, 3.8) is 0 Å². The summed E-state index contributed by atoms with van der Waals surface area (Å²) in [6.45, 7) is 0.354. The molecule has 0 aliphatic carbocycles. The Hall–Kier alpha value is -2.11. The SMILES string of the molecule is COc1ccc(Cn2c(=O)nc(Cl)c3nc(Cl)ccc32)cc1. The van der Waals surface area contributed by atoms with Gasteiger partial charge in [0.05, 0.1) is 19.2 Å². The van der Waals surface area contributed by atoms with Crippen LogP contribution in [0.4, 0.5) is 0 Å². The molecule has 5 nitrogen and oxygen atoms in total. The Morgan fingerprint density at radius 3 is 2.50 bits per heavy atom. The van der Waals surface area contributed by atoms with E-state index < -0.39 is 5.69 Å². The second-order valence-electron chi connectivity index (χ2n) is 4.62. The van der Waals surface area contributed by atoms with E-state index in [4.69, 9.17) is 27.9 Å². The minimum atomic E-state index is -0.433. The van der Waals surface area contributed by atoms with E-state index in [1.807, 2.05) is 24.3 Å². The molecule has 1 aromatic carbocycles. The van der Waals surface area contributed by atoms with E-state index in [1.165, 1.54) is 4.57 Å². The molecule has 22 heavy (non-hydrogen) atoms. The fraction of sp³-hybridized carbons (Fsp3) is 0.133. The fourth-order valence-electron chi connectivity index (χ4n) is 2.16. The number of hydrogen-bond acceptors (Lipinski definition) is 4. The van der Waals surface area contributed by atoms with Gasteiger partial charge in [-0.3, -0.25) is 4.57 Å². The highest BCUT2D eigenvalue weighted by Crippen LogP contribution is 2.21. The third-order valence-electron chi connectivity index (χ3n) is 3.25. The van der Waals surface area contributed by atoms with Crippen LogP contribution in [-0.2, 0) is 6.54 Å². The van der Waals surface area contributed by atoms with Crippen LogP contribution in [-0.4, -0.2) is 21.6 Å². The summed E-state index contributed by atoms with van der Waals surface area (Å²) < 4.78 is 6.63. The van der Waals surface area contributed by atoms with E-state index in [-0.39, 0.29) is 5.15 Å². The van der Waals surface area contributed by atoms with Crippen molar-refractivity contribution in [2.75, 3.05) is 7.11 Å². The Labute approximate surface area is 136 Å². The van der Waals surface area contributed by atoms with Crippen LogP contribution in [0, 0.1) is 0 Å². The first-order valence-corrected chi connectivity index (χ1v) is 7.19. The van der Waals surface area contributed by atoms with Crippen molar-refractivity contribution in [2.45, 2.75) is 6.54 Å². The zero-order valence-corrected chi connectivity index (χ0v) is 13.1. The molecule has 0 saturated heterocycles. The number of hydrogen-bond donors (Lipinski definition) is 0. The number of ether oxygens (including phenoxy) is 1. The molecule has 0 fully saturated rings. The predicted molar refractivity (Wildman–Crippen MR) is 85.9 cm³/mol. The van der Waals surface area contributed by atoms with Crippen LogP contribution in [0.15, 0.2) is 41.2 Å². The molecule has 0 bridgehead atoms. The molecule has 0 amide bonds. The van der Waals surface area contributed by atoms with Gasteiger partial charge in [-0.05, 0) is 29.8 Å². The molecule has 0 spiro atoms. The van der Waals surface area contributed by atoms with Crippen LogP contribution in [0.3, 0.4) is 0 Å². The molecular formula is C15H11Cl2N3O2. The number of pyridine rings is 1. The van der Waals surface area contributed by atoms with Crippen molar-refractivity contribution in [1.29, 1.82) is 0 Å². The molecular weight excluding hydrogens is 325 g/mol. The summed E-state index contributed by atoms with van der Waals surface area (Å²) in [6, 6.07) is 10.8. The average molecular weight is 336 g/mol. The second-order valence-corrected chi connectivity index (χ2v) is 5.37. The molecule has 3 rings (SSSR count). The molecule has 0 atom stereocenters. The maximum absolute atomic E-state index is 12.1. The number of nitrogens with zero attached hydrogens (tertiary/aromatic N) is 3. The Morgan fingerprint density at radius 2 is 1.82 bits per heavy atom. The fourth-order valence-corrected chi connectivity index (χ4v) is 2.52. The lowest BCUT2D eigenvalue weighted by Crippen LogP contribution is -2.24. The van der Waals surface area contributed by atoms with Crippen LogP contribution in [0.1, 0.15) is 5.56 Å². The summed E-state index contributed by atoms with van der Waals surface area (Å²) in [5.41, 5.74) is 1.49. The van der Waals surface area contributed by atoms with Crippen LogP contribution in [0.2, 0.25) is 10.3 Å².